The highest BCUT2D eigenvalue weighted by Crippen LogP contribution is 2.42. The highest BCUT2D eigenvalue weighted by molar-refractivity contribution is 6.74. The maximum atomic E-state index is 14.5. The first-order valence-corrected chi connectivity index (χ1v) is 18.4. The van der Waals surface area contributed by atoms with Gasteiger partial charge in [-0.3, -0.25) is 14.5 Å². The van der Waals surface area contributed by atoms with Crippen molar-refractivity contribution >= 4 is 14.2 Å². The van der Waals surface area contributed by atoms with E-state index in [1.54, 1.807) is 18.5 Å². The average Bonchev–Trinajstić information content (AvgIpc) is 3.76. The van der Waals surface area contributed by atoms with E-state index >= 15 is 0 Å². The van der Waals surface area contributed by atoms with Gasteiger partial charge in [0.25, 0.3) is 5.91 Å². The Morgan fingerprint density at radius 2 is 1.70 bits per heavy atom. The van der Waals surface area contributed by atoms with Crippen molar-refractivity contribution in [3.05, 3.63) is 89.6 Å². The van der Waals surface area contributed by atoms with Crippen LogP contribution in [0.4, 0.5) is 4.39 Å². The summed E-state index contributed by atoms with van der Waals surface area (Å²) in [5.41, 5.74) is 5.49. The fourth-order valence-corrected chi connectivity index (χ4v) is 6.44. The summed E-state index contributed by atoms with van der Waals surface area (Å²) < 4.78 is 28.8. The molecule has 9 heteroatoms. The summed E-state index contributed by atoms with van der Waals surface area (Å²) in [6.45, 7) is 13.6. The van der Waals surface area contributed by atoms with Crippen LogP contribution in [-0.4, -0.2) is 53.6 Å². The molecular formula is C35H41FN4O3Si. The molecule has 0 unspecified atom stereocenters. The van der Waals surface area contributed by atoms with Crippen molar-refractivity contribution in [2.45, 2.75) is 70.8 Å². The molecule has 1 amide bonds. The maximum absolute atomic E-state index is 14.5. The highest BCUT2D eigenvalue weighted by atomic mass is 28.4. The highest BCUT2D eigenvalue weighted by Gasteiger charge is 2.38. The van der Waals surface area contributed by atoms with Gasteiger partial charge in [0, 0.05) is 36.6 Å². The number of hydrogen-bond donors (Lipinski definition) is 0. The lowest BCUT2D eigenvalue weighted by molar-refractivity contribution is 0.0666. The zero-order chi connectivity index (χ0) is 31.1. The molecule has 2 aliphatic rings. The monoisotopic (exact) mass is 612 g/mol. The summed E-state index contributed by atoms with van der Waals surface area (Å²) in [7, 11) is -1.92. The van der Waals surface area contributed by atoms with Gasteiger partial charge in [0.15, 0.2) is 8.32 Å². The van der Waals surface area contributed by atoms with E-state index in [1.807, 2.05) is 58.1 Å². The number of fused-ring (bicyclic) bond motifs is 1. The summed E-state index contributed by atoms with van der Waals surface area (Å²) in [6.07, 6.45) is 5.61. The number of benzene rings is 2. The van der Waals surface area contributed by atoms with Crippen LogP contribution in [-0.2, 0) is 17.6 Å². The van der Waals surface area contributed by atoms with Crippen LogP contribution in [0.2, 0.25) is 18.1 Å². The minimum atomic E-state index is -1.92. The standard InChI is InChI=1S/C35H41FN4O3Si/c1-35(2,3)44(4,5)43-21-20-39-18-19-40-33(34(39)41)31(32(38-40)27-14-16-37-17-15-27)26-9-11-28(12-10-26)42-23-24-6-13-29(25-7-8-25)30(36)22-24/h6,9-17,22,25H,7-8,18-21,23H2,1-5H3. The molecule has 0 spiro atoms. The molecule has 0 radical (unpaired) electrons. The maximum Gasteiger partial charge on any atom is 0.272 e. The second kappa shape index (κ2) is 11.9. The topological polar surface area (TPSA) is 69.5 Å². The van der Waals surface area contributed by atoms with Crippen LogP contribution in [0.3, 0.4) is 0 Å². The lowest BCUT2D eigenvalue weighted by Crippen LogP contribution is -2.46. The van der Waals surface area contributed by atoms with Gasteiger partial charge < -0.3 is 14.1 Å². The molecule has 0 saturated heterocycles. The van der Waals surface area contributed by atoms with Gasteiger partial charge in [-0.15, -0.1) is 0 Å². The normalized spacial score (nSPS) is 15.4. The van der Waals surface area contributed by atoms with Gasteiger partial charge in [-0.25, -0.2) is 4.39 Å². The molecule has 1 aliphatic carbocycles. The minimum absolute atomic E-state index is 0.0464. The smallest absolute Gasteiger partial charge is 0.272 e. The molecule has 0 atom stereocenters. The van der Waals surface area contributed by atoms with Crippen molar-refractivity contribution < 1.29 is 18.3 Å². The zero-order valence-corrected chi connectivity index (χ0v) is 27.3. The van der Waals surface area contributed by atoms with Crippen molar-refractivity contribution in [2.24, 2.45) is 0 Å². The fraction of sp³-hybridized carbons (Fsp3) is 0.400. The summed E-state index contributed by atoms with van der Waals surface area (Å²) >= 11 is 0. The largest absolute Gasteiger partial charge is 0.489 e. The van der Waals surface area contributed by atoms with E-state index < -0.39 is 8.32 Å². The van der Waals surface area contributed by atoms with Crippen LogP contribution < -0.4 is 4.74 Å². The van der Waals surface area contributed by atoms with Gasteiger partial charge in [0.05, 0.1) is 13.2 Å². The molecule has 3 heterocycles. The van der Waals surface area contributed by atoms with Gasteiger partial charge in [-0.05, 0) is 83.9 Å². The van der Waals surface area contributed by atoms with Gasteiger partial charge in [0.2, 0.25) is 0 Å². The van der Waals surface area contributed by atoms with Crippen LogP contribution in [0.5, 0.6) is 5.75 Å². The van der Waals surface area contributed by atoms with Crippen molar-refractivity contribution in [1.29, 1.82) is 0 Å². The Hall–Kier alpha value is -3.82. The van der Waals surface area contributed by atoms with Crippen LogP contribution >= 0.6 is 0 Å². The number of halogens is 1. The number of carbonyl (C=O) groups is 1. The van der Waals surface area contributed by atoms with Gasteiger partial charge >= 0.3 is 0 Å². The molecule has 0 bridgehead atoms. The second-order valence-electron chi connectivity index (χ2n) is 13.4. The third-order valence-corrected chi connectivity index (χ3v) is 13.8. The lowest BCUT2D eigenvalue weighted by Gasteiger charge is -2.37. The summed E-state index contributed by atoms with van der Waals surface area (Å²) in [5.74, 6) is 0.847. The molecule has 1 aliphatic heterocycles. The van der Waals surface area contributed by atoms with Crippen LogP contribution in [0.25, 0.3) is 22.4 Å². The lowest BCUT2D eigenvalue weighted by atomic mass is 9.98. The minimum Gasteiger partial charge on any atom is -0.489 e. The predicted molar refractivity (Wildman–Crippen MR) is 173 cm³/mol. The Balaban J connectivity index is 1.23. The van der Waals surface area contributed by atoms with Crippen molar-refractivity contribution in [3.63, 3.8) is 0 Å². The zero-order valence-electron chi connectivity index (χ0n) is 26.3. The van der Waals surface area contributed by atoms with E-state index in [1.165, 1.54) is 0 Å². The first-order valence-electron chi connectivity index (χ1n) is 15.5. The predicted octanol–water partition coefficient (Wildman–Crippen LogP) is 7.69. The summed E-state index contributed by atoms with van der Waals surface area (Å²) in [4.78, 5) is 20.0. The van der Waals surface area contributed by atoms with Crippen LogP contribution in [0.15, 0.2) is 67.0 Å². The van der Waals surface area contributed by atoms with Gasteiger partial charge in [-0.2, -0.15) is 5.10 Å². The summed E-state index contributed by atoms with van der Waals surface area (Å²) in [6, 6.07) is 16.9. The van der Waals surface area contributed by atoms with Gasteiger partial charge in [-0.1, -0.05) is 45.0 Å². The van der Waals surface area contributed by atoms with E-state index in [2.05, 4.69) is 38.8 Å². The first kappa shape index (κ1) is 30.2. The molecule has 230 valence electrons. The van der Waals surface area contributed by atoms with E-state index in [0.717, 1.165) is 46.4 Å². The average molecular weight is 613 g/mol. The summed E-state index contributed by atoms with van der Waals surface area (Å²) in [5, 5.41) is 5.02. The molecule has 1 saturated carbocycles. The van der Waals surface area contributed by atoms with Gasteiger partial charge in [0.1, 0.15) is 29.6 Å². The Morgan fingerprint density at radius 3 is 2.36 bits per heavy atom. The third-order valence-electron chi connectivity index (χ3n) is 9.24. The number of rotatable bonds is 10. The first-order chi connectivity index (χ1) is 21.0. The molecule has 6 rings (SSSR count). The number of aromatic nitrogens is 3. The number of hydrogen-bond acceptors (Lipinski definition) is 5. The van der Waals surface area contributed by atoms with Crippen molar-refractivity contribution in [1.82, 2.24) is 19.7 Å². The fourth-order valence-electron chi connectivity index (χ4n) is 5.40. The van der Waals surface area contributed by atoms with Crippen molar-refractivity contribution in [2.75, 3.05) is 19.7 Å². The molecular weight excluding hydrogens is 571 g/mol. The molecule has 1 fully saturated rings. The van der Waals surface area contributed by atoms with Crippen LogP contribution in [0.1, 0.15) is 61.1 Å². The Kier molecular flexibility index (Phi) is 8.19. The number of nitrogens with zero attached hydrogens (tertiary/aromatic N) is 4. The number of pyridine rings is 1. The molecule has 0 N–H and O–H groups in total. The van der Waals surface area contributed by atoms with Crippen molar-refractivity contribution in [3.8, 4) is 28.1 Å². The third kappa shape index (κ3) is 6.21. The number of ether oxygens (including phenoxy) is 1. The molecule has 7 nitrogen and oxygen atoms in total. The number of carbonyl (C=O) groups excluding carboxylic acids is 1. The Labute approximate surface area is 260 Å². The molecule has 2 aromatic heterocycles. The number of amides is 1. The molecule has 44 heavy (non-hydrogen) atoms. The quantitative estimate of drug-likeness (QED) is 0.172. The van der Waals surface area contributed by atoms with E-state index in [0.29, 0.717) is 43.6 Å². The van der Waals surface area contributed by atoms with E-state index in [4.69, 9.17) is 14.3 Å². The van der Waals surface area contributed by atoms with E-state index in [9.17, 15) is 9.18 Å². The Morgan fingerprint density at radius 1 is 0.977 bits per heavy atom. The second-order valence-corrected chi connectivity index (χ2v) is 18.2. The molecule has 4 aromatic rings. The Bertz CT molecular complexity index is 1640. The van der Waals surface area contributed by atoms with Crippen LogP contribution in [0, 0.1) is 5.82 Å². The van der Waals surface area contributed by atoms with E-state index in [-0.39, 0.29) is 23.4 Å². The SMILES string of the molecule is CC(C)(C)[Si](C)(C)OCCN1CCn2nc(-c3ccncc3)c(-c3ccc(OCc4ccc(C5CC5)c(F)c4)cc3)c2C1=O. The molecule has 2 aromatic carbocycles.